The Morgan fingerprint density at radius 3 is 2.38 bits per heavy atom. The molecule has 0 N–H and O–H groups in total. The van der Waals surface area contributed by atoms with E-state index in [1.165, 1.54) is 0 Å². The monoisotopic (exact) mass is 479 g/mol. The van der Waals surface area contributed by atoms with Crippen molar-refractivity contribution in [1.82, 2.24) is 14.4 Å². The van der Waals surface area contributed by atoms with Crippen LogP contribution >= 0.6 is 34.8 Å². The number of ether oxygens (including phenoxy) is 1. The Labute approximate surface area is 200 Å². The maximum atomic E-state index is 6.62. The van der Waals surface area contributed by atoms with Crippen LogP contribution < -0.4 is 4.74 Å². The van der Waals surface area contributed by atoms with Gasteiger partial charge < -0.3 is 4.74 Å². The number of aromatic nitrogens is 3. The van der Waals surface area contributed by atoms with Gasteiger partial charge in [-0.05, 0) is 42.5 Å². The van der Waals surface area contributed by atoms with Crippen molar-refractivity contribution in [3.05, 3.63) is 94.2 Å². The smallest absolute Gasteiger partial charge is 0.156 e. The van der Waals surface area contributed by atoms with Crippen molar-refractivity contribution < 1.29 is 4.74 Å². The Bertz CT molecular complexity index is 1450. The Morgan fingerprint density at radius 2 is 1.62 bits per heavy atom. The van der Waals surface area contributed by atoms with E-state index in [0.717, 1.165) is 39.5 Å². The second kappa shape index (κ2) is 8.47. The van der Waals surface area contributed by atoms with Crippen LogP contribution in [-0.2, 0) is 0 Å². The summed E-state index contributed by atoms with van der Waals surface area (Å²) in [7, 11) is 1.64. The first-order chi connectivity index (χ1) is 15.5. The number of hydrogen-bond donors (Lipinski definition) is 0. The van der Waals surface area contributed by atoms with Crippen LogP contribution in [0.4, 0.5) is 0 Å². The van der Waals surface area contributed by atoms with Crippen molar-refractivity contribution >= 4 is 40.4 Å². The van der Waals surface area contributed by atoms with E-state index in [1.807, 2.05) is 71.3 Å². The number of benzene rings is 3. The summed E-state index contributed by atoms with van der Waals surface area (Å²) >= 11 is 18.9. The maximum absolute atomic E-state index is 6.62. The van der Waals surface area contributed by atoms with Crippen LogP contribution in [0.15, 0.2) is 79.1 Å². The second-order valence-corrected chi connectivity index (χ2v) is 8.45. The highest BCUT2D eigenvalue weighted by Crippen LogP contribution is 2.38. The third-order valence-electron chi connectivity index (χ3n) is 5.18. The molecule has 0 saturated heterocycles. The van der Waals surface area contributed by atoms with E-state index < -0.39 is 0 Å². The molecule has 4 nitrogen and oxygen atoms in total. The number of methoxy groups -OCH3 is 1. The summed E-state index contributed by atoms with van der Waals surface area (Å²) in [4.78, 5) is 9.49. The number of nitrogens with zero attached hydrogens (tertiary/aromatic N) is 3. The minimum Gasteiger partial charge on any atom is -0.497 e. The zero-order valence-corrected chi connectivity index (χ0v) is 19.2. The van der Waals surface area contributed by atoms with E-state index in [1.54, 1.807) is 19.4 Å². The molecule has 0 amide bonds. The molecule has 0 aliphatic carbocycles. The molecule has 0 radical (unpaired) electrons. The molecule has 0 bridgehead atoms. The van der Waals surface area contributed by atoms with Crippen LogP contribution in [0.3, 0.4) is 0 Å². The van der Waals surface area contributed by atoms with Gasteiger partial charge in [-0.25, -0.2) is 4.98 Å². The predicted octanol–water partition coefficient (Wildman–Crippen LogP) is 7.70. The quantitative estimate of drug-likeness (QED) is 0.264. The van der Waals surface area contributed by atoms with E-state index in [2.05, 4.69) is 4.98 Å². The number of rotatable bonds is 4. The molecule has 0 aliphatic heterocycles. The molecule has 7 heteroatoms. The molecule has 3 aromatic carbocycles. The molecule has 0 aliphatic rings. The minimum atomic E-state index is 0.536. The molecule has 5 rings (SSSR count). The number of hydrogen-bond acceptors (Lipinski definition) is 3. The third kappa shape index (κ3) is 3.82. The van der Waals surface area contributed by atoms with Crippen molar-refractivity contribution in [2.75, 3.05) is 7.11 Å². The lowest BCUT2D eigenvalue weighted by molar-refractivity contribution is 0.415. The summed E-state index contributed by atoms with van der Waals surface area (Å²) in [6.07, 6.45) is 3.71. The van der Waals surface area contributed by atoms with E-state index >= 15 is 0 Å². The molecular formula is C25H16Cl3N3O. The molecule has 0 saturated carbocycles. The first-order valence-corrected chi connectivity index (χ1v) is 10.9. The van der Waals surface area contributed by atoms with Gasteiger partial charge in [-0.1, -0.05) is 59.1 Å². The van der Waals surface area contributed by atoms with E-state index in [4.69, 9.17) is 44.5 Å². The zero-order chi connectivity index (χ0) is 22.2. The van der Waals surface area contributed by atoms with E-state index in [9.17, 15) is 0 Å². The zero-order valence-electron chi connectivity index (χ0n) is 16.9. The van der Waals surface area contributed by atoms with E-state index in [0.29, 0.717) is 20.7 Å². The summed E-state index contributed by atoms with van der Waals surface area (Å²) in [6, 6.07) is 20.8. The van der Waals surface area contributed by atoms with Crippen LogP contribution in [0.5, 0.6) is 5.75 Å². The Hall–Kier alpha value is -3.05. The fourth-order valence-electron chi connectivity index (χ4n) is 3.63. The van der Waals surface area contributed by atoms with Gasteiger partial charge >= 0.3 is 0 Å². The van der Waals surface area contributed by atoms with Crippen LogP contribution in [0.25, 0.3) is 39.4 Å². The van der Waals surface area contributed by atoms with Gasteiger partial charge in [0.2, 0.25) is 0 Å². The fourth-order valence-corrected chi connectivity index (χ4v) is 4.26. The highest BCUT2D eigenvalue weighted by atomic mass is 35.5. The van der Waals surface area contributed by atoms with Crippen molar-refractivity contribution in [2.24, 2.45) is 0 Å². The van der Waals surface area contributed by atoms with Crippen LogP contribution in [0.2, 0.25) is 15.1 Å². The second-order valence-electron chi connectivity index (χ2n) is 7.17. The summed E-state index contributed by atoms with van der Waals surface area (Å²) in [5.74, 6) is 0.762. The number of fused-ring (bicyclic) bond motifs is 1. The van der Waals surface area contributed by atoms with Gasteiger partial charge in [0, 0.05) is 32.9 Å². The summed E-state index contributed by atoms with van der Waals surface area (Å²) in [6.45, 7) is 0. The molecule has 2 heterocycles. The van der Waals surface area contributed by atoms with Gasteiger partial charge in [-0.2, -0.15) is 0 Å². The maximum Gasteiger partial charge on any atom is 0.156 e. The molecule has 158 valence electrons. The normalized spacial score (nSPS) is 11.1. The number of halogens is 3. The molecule has 2 aromatic heterocycles. The Morgan fingerprint density at radius 1 is 0.844 bits per heavy atom. The summed E-state index contributed by atoms with van der Waals surface area (Å²) in [5, 5.41) is 1.76. The predicted molar refractivity (Wildman–Crippen MR) is 131 cm³/mol. The van der Waals surface area contributed by atoms with Gasteiger partial charge in [-0.3, -0.25) is 9.38 Å². The lowest BCUT2D eigenvalue weighted by atomic mass is 10.0. The van der Waals surface area contributed by atoms with Gasteiger partial charge in [0.25, 0.3) is 0 Å². The molecule has 32 heavy (non-hydrogen) atoms. The van der Waals surface area contributed by atoms with Gasteiger partial charge in [-0.15, -0.1) is 0 Å². The largest absolute Gasteiger partial charge is 0.497 e. The lowest BCUT2D eigenvalue weighted by Gasteiger charge is -2.10. The van der Waals surface area contributed by atoms with Crippen LogP contribution in [0.1, 0.15) is 0 Å². The van der Waals surface area contributed by atoms with Crippen molar-refractivity contribution in [3.8, 4) is 39.5 Å². The van der Waals surface area contributed by atoms with Crippen molar-refractivity contribution in [1.29, 1.82) is 0 Å². The van der Waals surface area contributed by atoms with Crippen molar-refractivity contribution in [2.45, 2.75) is 0 Å². The Kier molecular flexibility index (Phi) is 5.51. The van der Waals surface area contributed by atoms with Gasteiger partial charge in [0.1, 0.15) is 5.75 Å². The number of imidazole rings is 1. The first kappa shape index (κ1) is 20.8. The average molecular weight is 481 g/mol. The average Bonchev–Trinajstić information content (AvgIpc) is 3.18. The van der Waals surface area contributed by atoms with Crippen LogP contribution in [0, 0.1) is 0 Å². The standard InChI is InChI=1S/C25H16Cl3N3O/c1-32-19-4-2-3-16(11-19)22-14-31-23(13-29-22)30-24(15-5-7-17(26)8-6-15)25(31)20-10-9-18(27)12-21(20)28/h2-14H,1H3. The van der Waals surface area contributed by atoms with Gasteiger partial charge in [0.15, 0.2) is 5.65 Å². The first-order valence-electron chi connectivity index (χ1n) is 9.77. The summed E-state index contributed by atoms with van der Waals surface area (Å²) < 4.78 is 7.37. The molecule has 0 unspecified atom stereocenters. The Balaban J connectivity index is 1.79. The molecular weight excluding hydrogens is 465 g/mol. The van der Waals surface area contributed by atoms with E-state index in [-0.39, 0.29) is 0 Å². The highest BCUT2D eigenvalue weighted by Gasteiger charge is 2.19. The van der Waals surface area contributed by atoms with Crippen molar-refractivity contribution in [3.63, 3.8) is 0 Å². The molecule has 0 spiro atoms. The highest BCUT2D eigenvalue weighted by molar-refractivity contribution is 6.36. The molecule has 0 fully saturated rings. The topological polar surface area (TPSA) is 39.4 Å². The third-order valence-corrected chi connectivity index (χ3v) is 5.98. The summed E-state index contributed by atoms with van der Waals surface area (Å²) in [5.41, 5.74) is 5.76. The fraction of sp³-hybridized carbons (Fsp3) is 0.0400. The van der Waals surface area contributed by atoms with Gasteiger partial charge in [0.05, 0.1) is 35.4 Å². The lowest BCUT2D eigenvalue weighted by Crippen LogP contribution is -1.94. The minimum absolute atomic E-state index is 0.536. The van der Waals surface area contributed by atoms with Crippen LogP contribution in [-0.4, -0.2) is 21.5 Å². The molecule has 5 aromatic rings. The molecule has 0 atom stereocenters. The SMILES string of the molecule is COc1cccc(-c2cn3c(-c4ccc(Cl)cc4Cl)c(-c4ccc(Cl)cc4)nc3cn2)c1.